The maximum absolute atomic E-state index is 11.9. The van der Waals surface area contributed by atoms with Gasteiger partial charge in [-0.3, -0.25) is 4.79 Å². The van der Waals surface area contributed by atoms with Crippen molar-refractivity contribution < 1.29 is 4.79 Å². The standard InChI is InChI=1S/C15H22N2O/c1-11-3-5-14(6-4-11)12(2)17-15(18)9-13-7-8-16-10-13/h3-6,12-13,16H,7-10H2,1-2H3,(H,17,18)/t12-,13?/m0/s1. The molecule has 1 aromatic carbocycles. The summed E-state index contributed by atoms with van der Waals surface area (Å²) in [4.78, 5) is 11.9. The molecule has 1 heterocycles. The fraction of sp³-hybridized carbons (Fsp3) is 0.533. The lowest BCUT2D eigenvalue weighted by Crippen LogP contribution is -2.28. The van der Waals surface area contributed by atoms with E-state index in [9.17, 15) is 4.79 Å². The van der Waals surface area contributed by atoms with E-state index in [2.05, 4.69) is 41.8 Å². The molecule has 0 saturated carbocycles. The number of amides is 1. The van der Waals surface area contributed by atoms with Crippen molar-refractivity contribution >= 4 is 5.91 Å². The fourth-order valence-electron chi connectivity index (χ4n) is 2.39. The van der Waals surface area contributed by atoms with Gasteiger partial charge in [-0.05, 0) is 44.8 Å². The molecule has 1 fully saturated rings. The van der Waals surface area contributed by atoms with Gasteiger partial charge in [-0.15, -0.1) is 0 Å². The quantitative estimate of drug-likeness (QED) is 0.855. The van der Waals surface area contributed by atoms with Crippen molar-refractivity contribution in [2.45, 2.75) is 32.7 Å². The summed E-state index contributed by atoms with van der Waals surface area (Å²) < 4.78 is 0. The van der Waals surface area contributed by atoms with Gasteiger partial charge in [0.05, 0.1) is 6.04 Å². The Bertz CT molecular complexity index is 393. The van der Waals surface area contributed by atoms with E-state index in [0.29, 0.717) is 12.3 Å². The van der Waals surface area contributed by atoms with Gasteiger partial charge in [-0.25, -0.2) is 0 Å². The Hall–Kier alpha value is -1.35. The highest BCUT2D eigenvalue weighted by molar-refractivity contribution is 5.76. The summed E-state index contributed by atoms with van der Waals surface area (Å²) >= 11 is 0. The minimum Gasteiger partial charge on any atom is -0.350 e. The first kappa shape index (κ1) is 13.1. The Morgan fingerprint density at radius 3 is 2.78 bits per heavy atom. The average molecular weight is 246 g/mol. The summed E-state index contributed by atoms with van der Waals surface area (Å²) in [6.45, 7) is 6.13. The Kier molecular flexibility index (Phi) is 4.37. The predicted molar refractivity (Wildman–Crippen MR) is 73.3 cm³/mol. The van der Waals surface area contributed by atoms with Crippen LogP contribution in [0.3, 0.4) is 0 Å². The van der Waals surface area contributed by atoms with E-state index in [1.165, 1.54) is 11.1 Å². The highest BCUT2D eigenvalue weighted by Crippen LogP contribution is 2.16. The summed E-state index contributed by atoms with van der Waals surface area (Å²) in [6.07, 6.45) is 1.76. The fourth-order valence-corrected chi connectivity index (χ4v) is 2.39. The summed E-state index contributed by atoms with van der Waals surface area (Å²) in [7, 11) is 0. The molecule has 98 valence electrons. The Balaban J connectivity index is 1.84. The number of nitrogens with one attached hydrogen (secondary N) is 2. The van der Waals surface area contributed by atoms with Gasteiger partial charge in [0.25, 0.3) is 0 Å². The zero-order valence-corrected chi connectivity index (χ0v) is 11.2. The monoisotopic (exact) mass is 246 g/mol. The molecule has 1 amide bonds. The van der Waals surface area contributed by atoms with E-state index in [1.54, 1.807) is 0 Å². The third-order valence-electron chi connectivity index (χ3n) is 3.59. The Labute approximate surface area is 109 Å². The van der Waals surface area contributed by atoms with Gasteiger partial charge in [0.2, 0.25) is 5.91 Å². The Morgan fingerprint density at radius 2 is 2.17 bits per heavy atom. The van der Waals surface area contributed by atoms with Crippen LogP contribution in [0.25, 0.3) is 0 Å². The Morgan fingerprint density at radius 1 is 1.44 bits per heavy atom. The number of rotatable bonds is 4. The van der Waals surface area contributed by atoms with Gasteiger partial charge in [0, 0.05) is 6.42 Å². The van der Waals surface area contributed by atoms with Crippen molar-refractivity contribution in [1.82, 2.24) is 10.6 Å². The number of aryl methyl sites for hydroxylation is 1. The first-order valence-corrected chi connectivity index (χ1v) is 6.72. The van der Waals surface area contributed by atoms with E-state index in [4.69, 9.17) is 0 Å². The normalized spacial score (nSPS) is 20.7. The van der Waals surface area contributed by atoms with Crippen LogP contribution in [0.15, 0.2) is 24.3 Å². The molecule has 0 radical (unpaired) electrons. The van der Waals surface area contributed by atoms with E-state index in [1.807, 2.05) is 6.92 Å². The number of carbonyl (C=O) groups excluding carboxylic acids is 1. The SMILES string of the molecule is Cc1ccc([C@H](C)NC(=O)CC2CCNC2)cc1. The molecule has 18 heavy (non-hydrogen) atoms. The van der Waals surface area contributed by atoms with E-state index < -0.39 is 0 Å². The molecule has 2 N–H and O–H groups in total. The van der Waals surface area contributed by atoms with Gasteiger partial charge in [-0.2, -0.15) is 0 Å². The molecule has 3 heteroatoms. The molecule has 0 bridgehead atoms. The zero-order valence-electron chi connectivity index (χ0n) is 11.2. The minimum atomic E-state index is 0.0902. The largest absolute Gasteiger partial charge is 0.350 e. The van der Waals surface area contributed by atoms with E-state index in [0.717, 1.165) is 19.5 Å². The molecule has 0 spiro atoms. The van der Waals surface area contributed by atoms with Gasteiger partial charge in [0.15, 0.2) is 0 Å². The van der Waals surface area contributed by atoms with Crippen molar-refractivity contribution in [2.24, 2.45) is 5.92 Å². The number of hydrogen-bond donors (Lipinski definition) is 2. The lowest BCUT2D eigenvalue weighted by Gasteiger charge is -2.16. The molecule has 1 saturated heterocycles. The molecule has 0 aliphatic carbocycles. The van der Waals surface area contributed by atoms with E-state index >= 15 is 0 Å². The smallest absolute Gasteiger partial charge is 0.220 e. The van der Waals surface area contributed by atoms with E-state index in [-0.39, 0.29) is 11.9 Å². The van der Waals surface area contributed by atoms with Crippen molar-refractivity contribution in [3.05, 3.63) is 35.4 Å². The van der Waals surface area contributed by atoms with Crippen LogP contribution in [0.1, 0.15) is 36.9 Å². The minimum absolute atomic E-state index is 0.0902. The van der Waals surface area contributed by atoms with Crippen LogP contribution >= 0.6 is 0 Å². The summed E-state index contributed by atoms with van der Waals surface area (Å²) in [5.74, 6) is 0.673. The van der Waals surface area contributed by atoms with Gasteiger partial charge in [0.1, 0.15) is 0 Å². The molecule has 1 unspecified atom stereocenters. The summed E-state index contributed by atoms with van der Waals surface area (Å²) in [5.41, 5.74) is 2.41. The van der Waals surface area contributed by atoms with Crippen molar-refractivity contribution in [2.75, 3.05) is 13.1 Å². The molecule has 1 aliphatic heterocycles. The third kappa shape index (κ3) is 3.57. The highest BCUT2D eigenvalue weighted by atomic mass is 16.1. The van der Waals surface area contributed by atoms with Crippen LogP contribution in [0.5, 0.6) is 0 Å². The molecule has 1 aliphatic rings. The molecular formula is C15H22N2O. The number of carbonyl (C=O) groups is 1. The van der Waals surface area contributed by atoms with Crippen molar-refractivity contribution in [1.29, 1.82) is 0 Å². The summed E-state index contributed by atoms with van der Waals surface area (Å²) in [6, 6.07) is 8.42. The molecular weight excluding hydrogens is 224 g/mol. The highest BCUT2D eigenvalue weighted by Gasteiger charge is 2.19. The van der Waals surface area contributed by atoms with Gasteiger partial charge in [-0.1, -0.05) is 29.8 Å². The van der Waals surface area contributed by atoms with Crippen LogP contribution in [0, 0.1) is 12.8 Å². The maximum atomic E-state index is 11.9. The zero-order chi connectivity index (χ0) is 13.0. The van der Waals surface area contributed by atoms with Crippen LogP contribution in [0.2, 0.25) is 0 Å². The van der Waals surface area contributed by atoms with Gasteiger partial charge < -0.3 is 10.6 Å². The van der Waals surface area contributed by atoms with Crippen molar-refractivity contribution in [3.8, 4) is 0 Å². The second kappa shape index (κ2) is 6.01. The predicted octanol–water partition coefficient (Wildman–Crippen LogP) is 2.17. The van der Waals surface area contributed by atoms with Crippen LogP contribution in [-0.2, 0) is 4.79 Å². The first-order chi connectivity index (χ1) is 8.65. The van der Waals surface area contributed by atoms with Crippen LogP contribution in [0.4, 0.5) is 0 Å². The maximum Gasteiger partial charge on any atom is 0.220 e. The van der Waals surface area contributed by atoms with Crippen molar-refractivity contribution in [3.63, 3.8) is 0 Å². The summed E-state index contributed by atoms with van der Waals surface area (Å²) in [5, 5.41) is 6.36. The van der Waals surface area contributed by atoms with Crippen LogP contribution < -0.4 is 10.6 Å². The molecule has 2 rings (SSSR count). The number of benzene rings is 1. The topological polar surface area (TPSA) is 41.1 Å². The van der Waals surface area contributed by atoms with Crippen LogP contribution in [-0.4, -0.2) is 19.0 Å². The third-order valence-corrected chi connectivity index (χ3v) is 3.59. The lowest BCUT2D eigenvalue weighted by molar-refractivity contribution is -0.122. The molecule has 2 atom stereocenters. The van der Waals surface area contributed by atoms with Gasteiger partial charge >= 0.3 is 0 Å². The lowest BCUT2D eigenvalue weighted by atomic mass is 10.0. The average Bonchev–Trinajstić information content (AvgIpc) is 2.82. The molecule has 1 aromatic rings. The second-order valence-corrected chi connectivity index (χ2v) is 5.26. The second-order valence-electron chi connectivity index (χ2n) is 5.26. The molecule has 0 aromatic heterocycles. The first-order valence-electron chi connectivity index (χ1n) is 6.72. The number of hydrogen-bond acceptors (Lipinski definition) is 2. The molecule has 3 nitrogen and oxygen atoms in total.